The van der Waals surface area contributed by atoms with Gasteiger partial charge in [0.1, 0.15) is 11.6 Å². The third-order valence-electron chi connectivity index (χ3n) is 4.91. The van der Waals surface area contributed by atoms with E-state index in [-0.39, 0.29) is 10.8 Å². The first-order valence-electron chi connectivity index (χ1n) is 9.37. The van der Waals surface area contributed by atoms with Crippen LogP contribution in [0.3, 0.4) is 0 Å². The van der Waals surface area contributed by atoms with Crippen molar-refractivity contribution < 1.29 is 0 Å². The fraction of sp³-hybridized carbons (Fsp3) is 0.238. The number of aromatic nitrogens is 5. The van der Waals surface area contributed by atoms with Crippen LogP contribution in [0.5, 0.6) is 0 Å². The lowest BCUT2D eigenvalue weighted by atomic mass is 10.2. The van der Waals surface area contributed by atoms with Gasteiger partial charge in [-0.25, -0.2) is 4.98 Å². The Kier molecular flexibility index (Phi) is 4.24. The van der Waals surface area contributed by atoms with Gasteiger partial charge in [0.05, 0.1) is 16.2 Å². The van der Waals surface area contributed by atoms with E-state index in [0.29, 0.717) is 22.6 Å². The van der Waals surface area contributed by atoms with Crippen molar-refractivity contribution in [2.24, 2.45) is 0 Å². The molecule has 28 heavy (non-hydrogen) atoms. The van der Waals surface area contributed by atoms with E-state index in [0.717, 1.165) is 29.5 Å². The van der Waals surface area contributed by atoms with Crippen LogP contribution in [0.15, 0.2) is 64.5 Å². The van der Waals surface area contributed by atoms with Crippen molar-refractivity contribution in [1.29, 1.82) is 0 Å². The quantitative estimate of drug-likeness (QED) is 0.517. The lowest BCUT2D eigenvalue weighted by molar-refractivity contribution is 0.822. The molecule has 1 aliphatic rings. The highest BCUT2D eigenvalue weighted by atomic mass is 32.2. The lowest BCUT2D eigenvalue weighted by Crippen LogP contribution is -2.13. The first-order chi connectivity index (χ1) is 13.7. The number of rotatable bonds is 5. The average Bonchev–Trinajstić information content (AvgIpc) is 3.49. The molecule has 1 unspecified atom stereocenters. The van der Waals surface area contributed by atoms with Gasteiger partial charge < -0.3 is 4.98 Å². The first kappa shape index (κ1) is 17.2. The minimum atomic E-state index is -0.115. The van der Waals surface area contributed by atoms with E-state index < -0.39 is 0 Å². The Morgan fingerprint density at radius 1 is 1.07 bits per heavy atom. The maximum absolute atomic E-state index is 12.4. The van der Waals surface area contributed by atoms with E-state index >= 15 is 0 Å². The van der Waals surface area contributed by atoms with Crippen LogP contribution in [-0.2, 0) is 0 Å². The SMILES string of the molecule is CC(Sc1nnc(C2CC2)n1-c1ccccc1)c1nc2ccccc2c(=O)[nH]1. The monoisotopic (exact) mass is 389 g/mol. The molecule has 0 aliphatic heterocycles. The predicted octanol–water partition coefficient (Wildman–Crippen LogP) is 4.23. The fourth-order valence-corrected chi connectivity index (χ4v) is 4.23. The summed E-state index contributed by atoms with van der Waals surface area (Å²) in [6.07, 6.45) is 2.31. The molecule has 5 rings (SSSR count). The second-order valence-electron chi connectivity index (χ2n) is 7.01. The number of H-pyrrole nitrogens is 1. The third kappa shape index (κ3) is 3.11. The molecule has 1 atom stereocenters. The van der Waals surface area contributed by atoms with Crippen LogP contribution in [0.4, 0.5) is 0 Å². The Bertz CT molecular complexity index is 1200. The summed E-state index contributed by atoms with van der Waals surface area (Å²) >= 11 is 1.56. The van der Waals surface area contributed by atoms with Crippen LogP contribution in [0, 0.1) is 0 Å². The molecular formula is C21H19N5OS. The van der Waals surface area contributed by atoms with Gasteiger partial charge in [0.25, 0.3) is 5.56 Å². The molecule has 1 N–H and O–H groups in total. The van der Waals surface area contributed by atoms with Gasteiger partial charge in [0.2, 0.25) is 0 Å². The number of hydrogen-bond acceptors (Lipinski definition) is 5. The van der Waals surface area contributed by atoms with Crippen LogP contribution in [0.1, 0.15) is 42.6 Å². The van der Waals surface area contributed by atoms with Gasteiger partial charge in [0.15, 0.2) is 5.16 Å². The molecule has 1 saturated carbocycles. The Balaban J connectivity index is 1.52. The maximum Gasteiger partial charge on any atom is 0.258 e. The number of thioether (sulfide) groups is 1. The van der Waals surface area contributed by atoms with Gasteiger partial charge in [-0.1, -0.05) is 42.1 Å². The molecule has 0 saturated heterocycles. The Hall–Kier alpha value is -2.93. The van der Waals surface area contributed by atoms with E-state index in [1.54, 1.807) is 17.8 Å². The molecule has 0 radical (unpaired) electrons. The van der Waals surface area contributed by atoms with Crippen LogP contribution < -0.4 is 5.56 Å². The van der Waals surface area contributed by atoms with Crippen molar-refractivity contribution in [3.63, 3.8) is 0 Å². The number of aromatic amines is 1. The summed E-state index contributed by atoms with van der Waals surface area (Å²) in [5, 5.41) is 10.3. The number of nitrogens with one attached hydrogen (secondary N) is 1. The smallest absolute Gasteiger partial charge is 0.258 e. The Morgan fingerprint density at radius 2 is 1.82 bits per heavy atom. The molecular weight excluding hydrogens is 370 g/mol. The molecule has 0 bridgehead atoms. The van der Waals surface area contributed by atoms with Crippen molar-refractivity contribution in [2.75, 3.05) is 0 Å². The van der Waals surface area contributed by atoms with Gasteiger partial charge in [-0.3, -0.25) is 9.36 Å². The van der Waals surface area contributed by atoms with Gasteiger partial charge in [0, 0.05) is 11.6 Å². The fourth-order valence-electron chi connectivity index (χ4n) is 3.29. The summed E-state index contributed by atoms with van der Waals surface area (Å²) in [4.78, 5) is 20.0. The zero-order valence-electron chi connectivity index (χ0n) is 15.4. The zero-order valence-corrected chi connectivity index (χ0v) is 16.2. The van der Waals surface area contributed by atoms with Crippen LogP contribution >= 0.6 is 11.8 Å². The average molecular weight is 389 g/mol. The molecule has 0 spiro atoms. The minimum Gasteiger partial charge on any atom is -0.309 e. The molecule has 1 aliphatic carbocycles. The number of nitrogens with zero attached hydrogens (tertiary/aromatic N) is 4. The topological polar surface area (TPSA) is 76.5 Å². The summed E-state index contributed by atoms with van der Waals surface area (Å²) in [6, 6.07) is 17.6. The predicted molar refractivity (Wildman–Crippen MR) is 110 cm³/mol. The van der Waals surface area contributed by atoms with Crippen molar-refractivity contribution in [3.05, 3.63) is 76.6 Å². The molecule has 2 aromatic heterocycles. The third-order valence-corrected chi connectivity index (χ3v) is 5.97. The molecule has 0 amide bonds. The summed E-state index contributed by atoms with van der Waals surface area (Å²) in [7, 11) is 0. The van der Waals surface area contributed by atoms with Crippen LogP contribution in [0.2, 0.25) is 0 Å². The highest BCUT2D eigenvalue weighted by Gasteiger charge is 2.31. The summed E-state index contributed by atoms with van der Waals surface area (Å²) < 4.78 is 2.14. The minimum absolute atomic E-state index is 0.0731. The number of benzene rings is 2. The van der Waals surface area contributed by atoms with E-state index in [4.69, 9.17) is 0 Å². The number of hydrogen-bond donors (Lipinski definition) is 1. The van der Waals surface area contributed by atoms with E-state index in [1.165, 1.54) is 0 Å². The second-order valence-corrected chi connectivity index (χ2v) is 8.32. The molecule has 7 heteroatoms. The molecule has 6 nitrogen and oxygen atoms in total. The van der Waals surface area contributed by atoms with Crippen molar-refractivity contribution in [2.45, 2.75) is 36.1 Å². The molecule has 2 aromatic carbocycles. The number of para-hydroxylation sites is 2. The van der Waals surface area contributed by atoms with Crippen LogP contribution in [0.25, 0.3) is 16.6 Å². The van der Waals surface area contributed by atoms with Gasteiger partial charge in [-0.15, -0.1) is 10.2 Å². The van der Waals surface area contributed by atoms with Crippen molar-refractivity contribution in [1.82, 2.24) is 24.7 Å². The largest absolute Gasteiger partial charge is 0.309 e. The second kappa shape index (κ2) is 6.91. The standard InChI is InChI=1S/C21H19N5OS/c1-13(18-22-17-10-6-5-9-16(17)20(27)23-18)28-21-25-24-19(14-11-12-14)26(21)15-7-3-2-4-8-15/h2-10,13-14H,11-12H2,1H3,(H,22,23,27). The maximum atomic E-state index is 12.4. The van der Waals surface area contributed by atoms with Crippen molar-refractivity contribution >= 4 is 22.7 Å². The summed E-state index contributed by atoms with van der Waals surface area (Å²) in [5.74, 6) is 2.14. The van der Waals surface area contributed by atoms with Gasteiger partial charge in [-0.2, -0.15) is 0 Å². The summed E-state index contributed by atoms with van der Waals surface area (Å²) in [6.45, 7) is 2.03. The first-order valence-corrected chi connectivity index (χ1v) is 10.2. The van der Waals surface area contributed by atoms with Crippen LogP contribution in [-0.4, -0.2) is 24.7 Å². The molecule has 2 heterocycles. The van der Waals surface area contributed by atoms with Crippen molar-refractivity contribution in [3.8, 4) is 5.69 Å². The van der Waals surface area contributed by atoms with E-state index in [1.807, 2.05) is 43.3 Å². The normalized spacial score (nSPS) is 15.0. The molecule has 4 aromatic rings. The Morgan fingerprint density at radius 3 is 2.61 bits per heavy atom. The number of fused-ring (bicyclic) bond motifs is 1. The molecule has 140 valence electrons. The molecule has 1 fully saturated rings. The van der Waals surface area contributed by atoms with E-state index in [2.05, 4.69) is 36.9 Å². The summed E-state index contributed by atoms with van der Waals surface area (Å²) in [5.41, 5.74) is 1.65. The van der Waals surface area contributed by atoms with E-state index in [9.17, 15) is 4.79 Å². The zero-order chi connectivity index (χ0) is 19.1. The lowest BCUT2D eigenvalue weighted by Gasteiger charge is -2.13. The highest BCUT2D eigenvalue weighted by Crippen LogP contribution is 2.42. The van der Waals surface area contributed by atoms with Gasteiger partial charge in [-0.05, 0) is 44.0 Å². The van der Waals surface area contributed by atoms with Gasteiger partial charge >= 0.3 is 0 Å². The Labute approximate surface area is 166 Å². The highest BCUT2D eigenvalue weighted by molar-refractivity contribution is 7.99.